The van der Waals surface area contributed by atoms with Gasteiger partial charge >= 0.3 is 5.97 Å². The van der Waals surface area contributed by atoms with Crippen molar-refractivity contribution in [2.24, 2.45) is 0 Å². The Balaban J connectivity index is 1.88. The number of ether oxygens (including phenoxy) is 1. The molecule has 6 heteroatoms. The van der Waals surface area contributed by atoms with Crippen LogP contribution in [0.5, 0.6) is 0 Å². The fraction of sp³-hybridized carbons (Fsp3) is 0.261. The first-order valence-corrected chi connectivity index (χ1v) is 11.1. The lowest BCUT2D eigenvalue weighted by molar-refractivity contribution is 0.0525. The fourth-order valence-electron chi connectivity index (χ4n) is 4.03. The summed E-state index contributed by atoms with van der Waals surface area (Å²) < 4.78 is 33.5. The minimum absolute atomic E-state index is 0.145. The Labute approximate surface area is 171 Å². The van der Waals surface area contributed by atoms with Crippen LogP contribution in [0.2, 0.25) is 0 Å². The second kappa shape index (κ2) is 7.28. The zero-order valence-corrected chi connectivity index (χ0v) is 17.5. The Hall–Kier alpha value is -2.70. The molecule has 1 aliphatic heterocycles. The van der Waals surface area contributed by atoms with Crippen molar-refractivity contribution in [2.45, 2.75) is 38.3 Å². The van der Waals surface area contributed by atoms with Gasteiger partial charge in [-0.15, -0.1) is 0 Å². The van der Waals surface area contributed by atoms with Gasteiger partial charge in [-0.2, -0.15) is 4.31 Å². The van der Waals surface area contributed by atoms with Crippen molar-refractivity contribution >= 4 is 26.8 Å². The highest BCUT2D eigenvalue weighted by atomic mass is 32.2. The van der Waals surface area contributed by atoms with E-state index < -0.39 is 22.0 Å². The largest absolute Gasteiger partial charge is 0.462 e. The van der Waals surface area contributed by atoms with Crippen molar-refractivity contribution in [3.8, 4) is 0 Å². The fourth-order valence-corrected chi connectivity index (χ4v) is 5.60. The quantitative estimate of drug-likeness (QED) is 0.591. The topological polar surface area (TPSA) is 63.7 Å². The molecule has 1 heterocycles. The lowest BCUT2D eigenvalue weighted by Crippen LogP contribution is -2.28. The first kappa shape index (κ1) is 19.6. The monoisotopic (exact) mass is 409 g/mol. The van der Waals surface area contributed by atoms with Gasteiger partial charge < -0.3 is 4.74 Å². The molecule has 0 bridgehead atoms. The number of sulfonamides is 1. The third kappa shape index (κ3) is 3.22. The molecule has 0 aliphatic carbocycles. The van der Waals surface area contributed by atoms with Crippen LogP contribution in [0, 0.1) is 6.92 Å². The number of hydrogen-bond donors (Lipinski definition) is 0. The average Bonchev–Trinajstić information content (AvgIpc) is 3.06. The molecule has 0 N–H and O–H groups in total. The summed E-state index contributed by atoms with van der Waals surface area (Å²) in [5.41, 5.74) is 3.04. The zero-order chi connectivity index (χ0) is 20.8. The third-order valence-electron chi connectivity index (χ3n) is 5.49. The van der Waals surface area contributed by atoms with Crippen LogP contribution in [-0.4, -0.2) is 25.3 Å². The maximum absolute atomic E-state index is 13.4. The average molecular weight is 410 g/mol. The summed E-state index contributed by atoms with van der Waals surface area (Å²) >= 11 is 0. The van der Waals surface area contributed by atoms with E-state index in [2.05, 4.69) is 0 Å². The molecular formula is C23H23NO4S. The number of rotatable bonds is 4. The number of aryl methyl sites for hydroxylation is 1. The highest BCUT2D eigenvalue weighted by molar-refractivity contribution is 7.89. The molecule has 5 nitrogen and oxygen atoms in total. The zero-order valence-electron chi connectivity index (χ0n) is 16.7. The van der Waals surface area contributed by atoms with Gasteiger partial charge in [-0.3, -0.25) is 0 Å². The third-order valence-corrected chi connectivity index (χ3v) is 7.42. The summed E-state index contributed by atoms with van der Waals surface area (Å²) in [5, 5.41) is 1.86. The number of nitrogens with zero attached hydrogens (tertiary/aromatic N) is 1. The predicted octanol–water partition coefficient (Wildman–Crippen LogP) is 4.59. The molecule has 0 aromatic heterocycles. The molecule has 1 unspecified atom stereocenters. The summed E-state index contributed by atoms with van der Waals surface area (Å²) in [6.07, 6.45) is 0. The molecule has 3 aromatic rings. The molecule has 1 aliphatic rings. The van der Waals surface area contributed by atoms with Gasteiger partial charge in [0.05, 0.1) is 17.1 Å². The normalized spacial score (nSPS) is 16.7. The SMILES string of the molecule is CCOC(=O)c1cc2ccccc2c2c1CN(S(=O)(=O)c1ccc(C)cc1)C2C. The van der Waals surface area contributed by atoms with E-state index in [1.165, 1.54) is 4.31 Å². The van der Waals surface area contributed by atoms with Crippen LogP contribution in [0.25, 0.3) is 10.8 Å². The van der Waals surface area contributed by atoms with Crippen molar-refractivity contribution in [3.63, 3.8) is 0 Å². The Morgan fingerprint density at radius 3 is 2.52 bits per heavy atom. The molecule has 0 saturated heterocycles. The lowest BCUT2D eigenvalue weighted by Gasteiger charge is -2.22. The summed E-state index contributed by atoms with van der Waals surface area (Å²) in [5.74, 6) is -0.420. The van der Waals surface area contributed by atoms with Crippen molar-refractivity contribution in [3.05, 3.63) is 76.9 Å². The van der Waals surface area contributed by atoms with Gasteiger partial charge in [0.2, 0.25) is 10.0 Å². The predicted molar refractivity (Wildman–Crippen MR) is 112 cm³/mol. The van der Waals surface area contributed by atoms with Crippen molar-refractivity contribution in [2.75, 3.05) is 6.61 Å². The summed E-state index contributed by atoms with van der Waals surface area (Å²) in [7, 11) is -3.71. The molecule has 29 heavy (non-hydrogen) atoms. The van der Waals surface area contributed by atoms with Crippen LogP contribution in [0.1, 0.15) is 46.9 Å². The van der Waals surface area contributed by atoms with Crippen LogP contribution in [-0.2, 0) is 21.3 Å². The van der Waals surface area contributed by atoms with E-state index in [1.54, 1.807) is 37.3 Å². The maximum Gasteiger partial charge on any atom is 0.338 e. The number of hydrogen-bond acceptors (Lipinski definition) is 4. The number of carbonyl (C=O) groups excluding carboxylic acids is 1. The van der Waals surface area contributed by atoms with E-state index in [-0.39, 0.29) is 18.0 Å². The first-order chi connectivity index (χ1) is 13.8. The summed E-state index contributed by atoms with van der Waals surface area (Å²) in [4.78, 5) is 12.9. The number of esters is 1. The van der Waals surface area contributed by atoms with E-state index >= 15 is 0 Å². The molecule has 0 amide bonds. The van der Waals surface area contributed by atoms with E-state index in [0.29, 0.717) is 5.56 Å². The van der Waals surface area contributed by atoms with Crippen molar-refractivity contribution in [1.29, 1.82) is 0 Å². The Morgan fingerprint density at radius 2 is 1.83 bits per heavy atom. The van der Waals surface area contributed by atoms with Crippen LogP contribution in [0.15, 0.2) is 59.5 Å². The van der Waals surface area contributed by atoms with Gasteiger partial charge in [-0.25, -0.2) is 13.2 Å². The highest BCUT2D eigenvalue weighted by Gasteiger charge is 2.39. The van der Waals surface area contributed by atoms with E-state index in [4.69, 9.17) is 4.74 Å². The highest BCUT2D eigenvalue weighted by Crippen LogP contribution is 2.43. The Morgan fingerprint density at radius 1 is 1.14 bits per heavy atom. The summed E-state index contributed by atoms with van der Waals surface area (Å²) in [6.45, 7) is 5.96. The number of benzene rings is 3. The van der Waals surface area contributed by atoms with E-state index in [1.807, 2.05) is 38.1 Å². The van der Waals surface area contributed by atoms with Gasteiger partial charge in [0.25, 0.3) is 0 Å². The minimum Gasteiger partial charge on any atom is -0.462 e. The van der Waals surface area contributed by atoms with Crippen molar-refractivity contribution < 1.29 is 17.9 Å². The van der Waals surface area contributed by atoms with E-state index in [0.717, 1.165) is 27.5 Å². The van der Waals surface area contributed by atoms with Crippen LogP contribution in [0.4, 0.5) is 0 Å². The molecule has 0 saturated carbocycles. The smallest absolute Gasteiger partial charge is 0.338 e. The second-order valence-electron chi connectivity index (χ2n) is 7.30. The molecule has 0 radical (unpaired) electrons. The minimum atomic E-state index is -3.71. The molecule has 0 spiro atoms. The maximum atomic E-state index is 13.4. The van der Waals surface area contributed by atoms with Crippen LogP contribution in [0.3, 0.4) is 0 Å². The van der Waals surface area contributed by atoms with Gasteiger partial charge in [0.15, 0.2) is 0 Å². The van der Waals surface area contributed by atoms with Gasteiger partial charge in [-0.05, 0) is 60.9 Å². The van der Waals surface area contributed by atoms with Crippen molar-refractivity contribution in [1.82, 2.24) is 4.31 Å². The van der Waals surface area contributed by atoms with Crippen LogP contribution < -0.4 is 0 Å². The summed E-state index contributed by atoms with van der Waals surface area (Å²) in [6, 6.07) is 16.0. The van der Waals surface area contributed by atoms with Gasteiger partial charge in [0, 0.05) is 12.6 Å². The Bertz CT molecular complexity index is 1200. The van der Waals surface area contributed by atoms with Gasteiger partial charge in [-0.1, -0.05) is 42.0 Å². The standard InChI is InChI=1S/C23H23NO4S/c1-4-28-23(25)20-13-17-7-5-6-8-19(17)22-16(3)24(14-21(20)22)29(26,27)18-11-9-15(2)10-12-18/h5-13,16H,4,14H2,1-3H3. The Kier molecular flexibility index (Phi) is 4.92. The molecule has 150 valence electrons. The number of fused-ring (bicyclic) bond motifs is 3. The number of carbonyl (C=O) groups is 1. The first-order valence-electron chi connectivity index (χ1n) is 9.64. The molecule has 3 aromatic carbocycles. The molecule has 0 fully saturated rings. The lowest BCUT2D eigenvalue weighted by atomic mass is 9.93. The molecule has 1 atom stereocenters. The van der Waals surface area contributed by atoms with Crippen LogP contribution >= 0.6 is 0 Å². The van der Waals surface area contributed by atoms with E-state index in [9.17, 15) is 13.2 Å². The molecular weight excluding hydrogens is 386 g/mol. The van der Waals surface area contributed by atoms with Gasteiger partial charge in [0.1, 0.15) is 0 Å². The molecule has 4 rings (SSSR count). The second-order valence-corrected chi connectivity index (χ2v) is 9.19.